The molecule has 3 nitrogen and oxygen atoms in total. The van der Waals surface area contributed by atoms with Gasteiger partial charge in [0.05, 0.1) is 0 Å². The predicted octanol–water partition coefficient (Wildman–Crippen LogP) is 11.9. The molecule has 6 rings (SSSR count). The summed E-state index contributed by atoms with van der Waals surface area (Å²) in [6.07, 6.45) is 20.4. The monoisotopic (exact) mass is 914 g/mol. The molecule has 6 aromatic carbocycles. The van der Waals surface area contributed by atoms with Crippen molar-refractivity contribution < 1.29 is 55.2 Å². The van der Waals surface area contributed by atoms with Gasteiger partial charge in [-0.1, -0.05) is 218 Å². The van der Waals surface area contributed by atoms with Crippen LogP contribution in [0, 0.1) is 0 Å². The van der Waals surface area contributed by atoms with Crippen molar-refractivity contribution in [2.75, 3.05) is 0 Å². The van der Waals surface area contributed by atoms with Crippen LogP contribution in [-0.4, -0.2) is 17.3 Å². The van der Waals surface area contributed by atoms with Crippen LogP contribution in [0.1, 0.15) is 33.4 Å². The van der Waals surface area contributed by atoms with Crippen LogP contribution in [0.25, 0.3) is 36.5 Å². The van der Waals surface area contributed by atoms with Crippen LogP contribution in [0.5, 0.6) is 0 Å². The Kier molecular flexibility index (Phi) is 23.6. The molecule has 0 aliphatic rings. The predicted molar refractivity (Wildman–Crippen MR) is 228 cm³/mol. The number of allylic oxidation sites excluding steroid dienone is 6. The normalized spacial score (nSPS) is 10.7. The molecule has 0 radical (unpaired) electrons. The summed E-state index contributed by atoms with van der Waals surface area (Å²) in [7, 11) is 0. The van der Waals surface area contributed by atoms with E-state index in [1.165, 1.54) is 0 Å². The third-order valence-corrected chi connectivity index (χ3v) is 7.44. The van der Waals surface area contributed by atoms with Gasteiger partial charge < -0.3 is 0 Å². The van der Waals surface area contributed by atoms with Gasteiger partial charge in [0.2, 0.25) is 0 Å². The number of carbonyl (C=O) groups is 3. The quantitative estimate of drug-likeness (QED) is 0.0908. The maximum Gasteiger partial charge on any atom is 0.178 e. The summed E-state index contributed by atoms with van der Waals surface area (Å²) in [5, 5.41) is 0. The fourth-order valence-electron chi connectivity index (χ4n) is 4.62. The van der Waals surface area contributed by atoms with Gasteiger partial charge in [0.15, 0.2) is 17.3 Å². The summed E-state index contributed by atoms with van der Waals surface area (Å²) in [5.74, 6) is -0.0341. The summed E-state index contributed by atoms with van der Waals surface area (Å²) in [5.41, 5.74) is 6.16. The minimum atomic E-state index is -0.0114. The van der Waals surface area contributed by atoms with Gasteiger partial charge in [-0.2, -0.15) is 0 Å². The molecule has 0 bridgehead atoms. The van der Waals surface area contributed by atoms with Crippen LogP contribution in [-0.2, 0) is 55.2 Å². The number of hydrogen-bond donors (Lipinski definition) is 0. The molecular formula is C51H42O3Pd2. The fraction of sp³-hybridized carbons (Fsp3) is 0. The number of carbonyl (C=O) groups excluding carboxylic acids is 3. The molecule has 0 aliphatic heterocycles. The van der Waals surface area contributed by atoms with Crippen molar-refractivity contribution in [3.63, 3.8) is 0 Å². The van der Waals surface area contributed by atoms with E-state index in [9.17, 15) is 14.4 Å². The Morgan fingerprint density at radius 1 is 0.232 bits per heavy atom. The Balaban J connectivity index is 0.000000285. The zero-order chi connectivity index (χ0) is 37.9. The van der Waals surface area contributed by atoms with Gasteiger partial charge in [-0.05, 0) is 69.8 Å². The zero-order valence-corrected chi connectivity index (χ0v) is 33.7. The van der Waals surface area contributed by atoms with Gasteiger partial charge in [0.25, 0.3) is 0 Å². The average molecular weight is 916 g/mol. The van der Waals surface area contributed by atoms with E-state index in [0.717, 1.165) is 33.4 Å². The zero-order valence-electron chi connectivity index (χ0n) is 30.6. The molecule has 0 saturated heterocycles. The van der Waals surface area contributed by atoms with Crippen LogP contribution < -0.4 is 0 Å². The Bertz CT molecular complexity index is 1760. The molecule has 6 aromatic rings. The minimum absolute atomic E-state index is 0. The third-order valence-electron chi connectivity index (χ3n) is 7.44. The van der Waals surface area contributed by atoms with Gasteiger partial charge >= 0.3 is 0 Å². The standard InChI is InChI=1S/3C17H14O.2Pd/c3*18-17(13-11-15-7-3-1-4-8-15)14-12-16-9-5-2-6-10-16;;/h3*1-14H;;/b2*13-11+,14-12+;13-11-,14-12-;;. The van der Waals surface area contributed by atoms with Crippen molar-refractivity contribution in [2.45, 2.75) is 0 Å². The Morgan fingerprint density at radius 3 is 0.482 bits per heavy atom. The van der Waals surface area contributed by atoms with E-state index < -0.39 is 0 Å². The molecule has 0 saturated carbocycles. The van der Waals surface area contributed by atoms with E-state index in [2.05, 4.69) is 0 Å². The molecule has 56 heavy (non-hydrogen) atoms. The van der Waals surface area contributed by atoms with Gasteiger partial charge in [-0.25, -0.2) is 0 Å². The first-order valence-electron chi connectivity index (χ1n) is 17.5. The maximum atomic E-state index is 11.6. The van der Waals surface area contributed by atoms with Crippen molar-refractivity contribution in [1.29, 1.82) is 0 Å². The molecule has 0 fully saturated rings. The summed E-state index contributed by atoms with van der Waals surface area (Å²) in [4.78, 5) is 34.8. The SMILES string of the molecule is O=C(/C=C/c1ccccc1)/C=C/c1ccccc1.O=C(/C=C/c1ccccc1)/C=C/c1ccccc1.O=C(/C=C\c1ccccc1)/C=C\c1ccccc1.[Pd].[Pd]. The van der Waals surface area contributed by atoms with E-state index in [4.69, 9.17) is 0 Å². The molecular weight excluding hydrogens is 873 g/mol. The molecule has 5 heteroatoms. The number of rotatable bonds is 12. The van der Waals surface area contributed by atoms with Crippen LogP contribution in [0.2, 0.25) is 0 Å². The largest absolute Gasteiger partial charge is 0.290 e. The average Bonchev–Trinajstić information content (AvgIpc) is 3.24. The van der Waals surface area contributed by atoms with Crippen molar-refractivity contribution in [3.8, 4) is 0 Å². The van der Waals surface area contributed by atoms with E-state index in [-0.39, 0.29) is 58.2 Å². The van der Waals surface area contributed by atoms with E-state index >= 15 is 0 Å². The molecule has 0 spiro atoms. The summed E-state index contributed by atoms with van der Waals surface area (Å²) < 4.78 is 0. The first kappa shape index (κ1) is 46.2. The first-order chi connectivity index (χ1) is 26.5. The van der Waals surface area contributed by atoms with Crippen molar-refractivity contribution >= 4 is 53.8 Å². The Labute approximate surface area is 358 Å². The summed E-state index contributed by atoms with van der Waals surface area (Å²) >= 11 is 0. The third kappa shape index (κ3) is 20.5. The van der Waals surface area contributed by atoms with Crippen molar-refractivity contribution in [3.05, 3.63) is 252 Å². The van der Waals surface area contributed by atoms with Crippen LogP contribution in [0.3, 0.4) is 0 Å². The first-order valence-corrected chi connectivity index (χ1v) is 17.5. The van der Waals surface area contributed by atoms with Crippen LogP contribution in [0.15, 0.2) is 218 Å². The van der Waals surface area contributed by atoms with Crippen LogP contribution in [0.4, 0.5) is 0 Å². The Morgan fingerprint density at radius 2 is 0.357 bits per heavy atom. The van der Waals surface area contributed by atoms with Gasteiger partial charge in [0.1, 0.15) is 0 Å². The maximum absolute atomic E-state index is 11.6. The van der Waals surface area contributed by atoms with Gasteiger partial charge in [-0.3, -0.25) is 14.4 Å². The minimum Gasteiger partial charge on any atom is -0.290 e. The van der Waals surface area contributed by atoms with Crippen molar-refractivity contribution in [1.82, 2.24) is 0 Å². The van der Waals surface area contributed by atoms with Crippen molar-refractivity contribution in [2.24, 2.45) is 0 Å². The molecule has 0 aliphatic carbocycles. The van der Waals surface area contributed by atoms with E-state index in [1.54, 1.807) is 36.5 Å². The molecule has 0 unspecified atom stereocenters. The second-order valence-electron chi connectivity index (χ2n) is 11.7. The Hall–Kier alpha value is -5.91. The second kappa shape index (κ2) is 28.5. The smallest absolute Gasteiger partial charge is 0.178 e. The fourth-order valence-corrected chi connectivity index (χ4v) is 4.62. The molecule has 284 valence electrons. The number of ketones is 3. The van der Waals surface area contributed by atoms with E-state index in [0.29, 0.717) is 0 Å². The molecule has 0 amide bonds. The molecule has 0 N–H and O–H groups in total. The summed E-state index contributed by atoms with van der Waals surface area (Å²) in [6.45, 7) is 0. The molecule has 0 aromatic heterocycles. The summed E-state index contributed by atoms with van der Waals surface area (Å²) in [6, 6.07) is 58.7. The number of hydrogen-bond acceptors (Lipinski definition) is 3. The van der Waals surface area contributed by atoms with Gasteiger partial charge in [-0.15, -0.1) is 0 Å². The number of benzene rings is 6. The van der Waals surface area contributed by atoms with Crippen LogP contribution >= 0.6 is 0 Å². The molecule has 0 atom stereocenters. The van der Waals surface area contributed by atoms with E-state index in [1.807, 2.05) is 218 Å². The van der Waals surface area contributed by atoms with Gasteiger partial charge in [0, 0.05) is 40.8 Å². The topological polar surface area (TPSA) is 51.2 Å². The molecule has 0 heterocycles. The second-order valence-corrected chi connectivity index (χ2v) is 11.7.